The molecule has 0 aliphatic carbocycles. The summed E-state index contributed by atoms with van der Waals surface area (Å²) in [6.07, 6.45) is 3.63. The average molecular weight is 635 g/mol. The molecule has 4 nitrogen and oxygen atoms in total. The topological polar surface area (TPSA) is 35.2 Å². The first-order chi connectivity index (χ1) is 15.6. The lowest BCUT2D eigenvalue weighted by atomic mass is 10.0. The third kappa shape index (κ3) is 4.51. The summed E-state index contributed by atoms with van der Waals surface area (Å²) in [5.41, 5.74) is 5.92. The number of fused-ring (bicyclic) bond motifs is 1. The first-order valence-corrected chi connectivity index (χ1v) is 13.3. The zero-order valence-corrected chi connectivity index (χ0v) is 22.5. The summed E-state index contributed by atoms with van der Waals surface area (Å²) in [5.74, 6) is 0. The molecule has 0 spiro atoms. The summed E-state index contributed by atoms with van der Waals surface area (Å²) in [6, 6.07) is 21.4. The lowest BCUT2D eigenvalue weighted by Gasteiger charge is -2.26. The number of benzene rings is 3. The van der Waals surface area contributed by atoms with Gasteiger partial charge in [-0.15, -0.1) is 0 Å². The van der Waals surface area contributed by atoms with Crippen molar-refractivity contribution in [3.8, 4) is 11.1 Å². The number of nitrogens with zero attached hydrogens (tertiary/aromatic N) is 3. The lowest BCUT2D eigenvalue weighted by molar-refractivity contribution is 0.778. The van der Waals surface area contributed by atoms with Gasteiger partial charge in [0, 0.05) is 38.3 Å². The van der Waals surface area contributed by atoms with Crippen molar-refractivity contribution in [1.82, 2.24) is 9.97 Å². The molecule has 8 heteroatoms. The maximum atomic E-state index is 4.20. The molecule has 4 aromatic rings. The van der Waals surface area contributed by atoms with Crippen LogP contribution in [0.4, 0.5) is 11.4 Å². The number of rotatable bonds is 4. The second-order valence-electron chi connectivity index (χ2n) is 7.43. The highest BCUT2D eigenvalue weighted by Gasteiger charge is 2.26. The summed E-state index contributed by atoms with van der Waals surface area (Å²) >= 11 is 13.0. The Morgan fingerprint density at radius 1 is 0.906 bits per heavy atom. The second kappa shape index (κ2) is 9.63. The average Bonchev–Trinajstić information content (AvgIpc) is 3.25. The van der Waals surface area contributed by atoms with Gasteiger partial charge in [0.1, 0.15) is 0 Å². The normalized spacial score (nSPS) is 13.7. The number of para-hydroxylation sites is 1. The molecule has 162 valence electrons. The van der Waals surface area contributed by atoms with Crippen LogP contribution >= 0.6 is 59.7 Å². The summed E-state index contributed by atoms with van der Waals surface area (Å²) in [7, 11) is 0. The monoisotopic (exact) mass is 632 g/mol. The molecule has 1 aliphatic heterocycles. The Hall–Kier alpha value is -1.74. The second-order valence-corrected chi connectivity index (χ2v) is 11.1. The van der Waals surface area contributed by atoms with Crippen molar-refractivity contribution in [1.29, 1.82) is 0 Å². The van der Waals surface area contributed by atoms with Crippen LogP contribution in [0.1, 0.15) is 5.69 Å². The molecular weight excluding hydrogens is 616 g/mol. The lowest BCUT2D eigenvalue weighted by Crippen LogP contribution is -2.30. The molecule has 0 saturated heterocycles. The van der Waals surface area contributed by atoms with Gasteiger partial charge in [-0.2, -0.15) is 0 Å². The van der Waals surface area contributed by atoms with E-state index in [9.17, 15) is 0 Å². The van der Waals surface area contributed by atoms with Gasteiger partial charge in [-0.25, -0.2) is 4.98 Å². The van der Waals surface area contributed by atoms with E-state index >= 15 is 0 Å². The van der Waals surface area contributed by atoms with Crippen LogP contribution in [0.2, 0.25) is 0 Å². The van der Waals surface area contributed by atoms with Crippen molar-refractivity contribution in [2.75, 3.05) is 22.3 Å². The maximum Gasteiger partial charge on any atom is 0.0922 e. The molecule has 0 bridgehead atoms. The van der Waals surface area contributed by atoms with E-state index in [2.05, 4.69) is 128 Å². The van der Waals surface area contributed by atoms with Crippen molar-refractivity contribution < 1.29 is 0 Å². The van der Waals surface area contributed by atoms with Crippen molar-refractivity contribution in [2.45, 2.75) is 11.4 Å². The first kappa shape index (κ1) is 22.1. The van der Waals surface area contributed by atoms with E-state index in [1.54, 1.807) is 18.3 Å². The quantitative estimate of drug-likeness (QED) is 0.232. The third-order valence-corrected chi connectivity index (χ3v) is 8.95. The minimum Gasteiger partial charge on any atom is -0.363 e. The largest absolute Gasteiger partial charge is 0.363 e. The van der Waals surface area contributed by atoms with Gasteiger partial charge in [-0.3, -0.25) is 0 Å². The minimum atomic E-state index is 0.775. The van der Waals surface area contributed by atoms with Crippen molar-refractivity contribution >= 4 is 71.1 Å². The molecule has 2 heterocycles. The molecule has 0 fully saturated rings. The number of H-pyrrole nitrogens is 1. The molecule has 1 N–H and O–H groups in total. The number of nitrogens with one attached hydrogen (secondary N) is 1. The zero-order valence-electron chi connectivity index (χ0n) is 16.9. The Morgan fingerprint density at radius 3 is 2.50 bits per heavy atom. The van der Waals surface area contributed by atoms with Crippen LogP contribution in [-0.4, -0.2) is 23.1 Å². The van der Waals surface area contributed by atoms with Crippen molar-refractivity contribution in [3.63, 3.8) is 0 Å². The molecule has 0 unspecified atom stereocenters. The Bertz CT molecular complexity index is 1230. The van der Waals surface area contributed by atoms with Gasteiger partial charge >= 0.3 is 0 Å². The number of aromatic nitrogens is 2. The summed E-state index contributed by atoms with van der Waals surface area (Å²) in [5, 5.41) is 0. The van der Waals surface area contributed by atoms with E-state index in [4.69, 9.17) is 0 Å². The molecule has 0 amide bonds. The first-order valence-electron chi connectivity index (χ1n) is 10.1. The molecule has 3 aromatic carbocycles. The van der Waals surface area contributed by atoms with Crippen LogP contribution < -0.4 is 9.21 Å². The maximum absolute atomic E-state index is 4.20. The highest BCUT2D eigenvalue weighted by Crippen LogP contribution is 2.46. The smallest absolute Gasteiger partial charge is 0.0922 e. The third-order valence-electron chi connectivity index (χ3n) is 5.36. The van der Waals surface area contributed by atoms with E-state index < -0.39 is 0 Å². The van der Waals surface area contributed by atoms with Crippen LogP contribution in [0.5, 0.6) is 0 Å². The fraction of sp³-hybridized carbons (Fsp3) is 0.125. The van der Waals surface area contributed by atoms with Gasteiger partial charge in [-0.1, -0.05) is 42.5 Å². The number of halogens is 3. The van der Waals surface area contributed by atoms with Gasteiger partial charge in [0.05, 0.1) is 34.8 Å². The van der Waals surface area contributed by atoms with Gasteiger partial charge in [0.2, 0.25) is 0 Å². The van der Waals surface area contributed by atoms with E-state index in [1.165, 1.54) is 27.4 Å². The number of hydrogen-bond acceptors (Lipinski definition) is 4. The van der Waals surface area contributed by atoms with Crippen LogP contribution in [0.25, 0.3) is 11.1 Å². The summed E-state index contributed by atoms with van der Waals surface area (Å²) in [4.78, 5) is 11.0. The Kier molecular flexibility index (Phi) is 6.64. The molecule has 5 rings (SSSR count). The molecule has 1 aromatic heterocycles. The van der Waals surface area contributed by atoms with E-state index in [0.717, 1.165) is 38.7 Å². The standard InChI is InChI=1S/C24H19Br3N4S/c25-19-8-4-7-18(16-5-2-1-3-6-16)24(19)31-10-9-30(14-17-13-28-15-29-17)22-11-20(26)21(27)12-23(22)32-31/h1-8,11-13,15H,9-10,14H2,(H,28,29). The highest BCUT2D eigenvalue weighted by molar-refractivity contribution is 9.13. The van der Waals surface area contributed by atoms with E-state index in [1.807, 2.05) is 6.20 Å². The van der Waals surface area contributed by atoms with Gasteiger partial charge < -0.3 is 14.2 Å². The summed E-state index contributed by atoms with van der Waals surface area (Å²) < 4.78 is 5.58. The number of imidazole rings is 1. The number of aromatic amines is 1. The zero-order chi connectivity index (χ0) is 22.1. The van der Waals surface area contributed by atoms with Gasteiger partial charge in [0.25, 0.3) is 0 Å². The van der Waals surface area contributed by atoms with Crippen LogP contribution in [0.3, 0.4) is 0 Å². The van der Waals surface area contributed by atoms with Crippen molar-refractivity contribution in [2.24, 2.45) is 0 Å². The summed E-state index contributed by atoms with van der Waals surface area (Å²) in [6.45, 7) is 2.52. The van der Waals surface area contributed by atoms with E-state index in [0.29, 0.717) is 0 Å². The SMILES string of the molecule is Brc1cc2c(cc1Br)N(Cc1cnc[nH]1)CCN(c1c(Br)cccc1-c1ccccc1)S2. The predicted octanol–water partition coefficient (Wildman–Crippen LogP) is 7.90. The molecule has 0 atom stereocenters. The fourth-order valence-corrected chi connectivity index (χ4v) is 6.53. The molecule has 0 saturated carbocycles. The minimum absolute atomic E-state index is 0.775. The van der Waals surface area contributed by atoms with Crippen LogP contribution in [-0.2, 0) is 6.54 Å². The van der Waals surface area contributed by atoms with Gasteiger partial charge in [-0.05, 0) is 83.5 Å². The highest BCUT2D eigenvalue weighted by atomic mass is 79.9. The molecular formula is C24H19Br3N4S. The van der Waals surface area contributed by atoms with Crippen LogP contribution in [0, 0.1) is 0 Å². The Balaban J connectivity index is 1.58. The van der Waals surface area contributed by atoms with Crippen molar-refractivity contribution in [3.05, 3.63) is 92.3 Å². The van der Waals surface area contributed by atoms with Gasteiger partial charge in [0.15, 0.2) is 0 Å². The molecule has 32 heavy (non-hydrogen) atoms. The Morgan fingerprint density at radius 2 is 1.72 bits per heavy atom. The number of hydrogen-bond donors (Lipinski definition) is 1. The van der Waals surface area contributed by atoms with Crippen LogP contribution in [0.15, 0.2) is 91.5 Å². The fourth-order valence-electron chi connectivity index (χ4n) is 3.85. The molecule has 1 aliphatic rings. The number of anilines is 2. The Labute approximate surface area is 217 Å². The predicted molar refractivity (Wildman–Crippen MR) is 144 cm³/mol. The molecule has 0 radical (unpaired) electrons. The van der Waals surface area contributed by atoms with E-state index in [-0.39, 0.29) is 0 Å².